The van der Waals surface area contributed by atoms with Crippen LogP contribution in [0.25, 0.3) is 5.70 Å². The molecule has 2 amide bonds. The van der Waals surface area contributed by atoms with E-state index in [1.54, 1.807) is 45.6 Å². The fraction of sp³-hybridized carbons (Fsp3) is 0.348. The molecule has 0 heterocycles. The van der Waals surface area contributed by atoms with E-state index in [4.69, 9.17) is 19.9 Å². The van der Waals surface area contributed by atoms with E-state index in [0.717, 1.165) is 5.69 Å². The molecule has 0 aliphatic heterocycles. The molecule has 0 radical (unpaired) electrons. The maximum absolute atomic E-state index is 12.1. The predicted molar refractivity (Wildman–Crippen MR) is 126 cm³/mol. The van der Waals surface area contributed by atoms with Crippen LogP contribution in [-0.2, 0) is 4.74 Å². The molecule has 0 fully saturated rings. The van der Waals surface area contributed by atoms with Crippen LogP contribution in [0.4, 0.5) is 21.9 Å². The number of hydrogen-bond donors (Lipinski definition) is 4. The second-order valence-corrected chi connectivity index (χ2v) is 7.57. The van der Waals surface area contributed by atoms with Gasteiger partial charge in [-0.15, -0.1) is 0 Å². The van der Waals surface area contributed by atoms with Crippen LogP contribution in [0.1, 0.15) is 25.8 Å². The monoisotopic (exact) mass is 428 g/mol. The summed E-state index contributed by atoms with van der Waals surface area (Å²) in [5.41, 5.74) is 9.15. The fourth-order valence-corrected chi connectivity index (χ4v) is 2.79. The van der Waals surface area contributed by atoms with Crippen LogP contribution in [0.2, 0.25) is 0 Å². The first-order valence-corrected chi connectivity index (χ1v) is 9.87. The number of hydrogen-bond acceptors (Lipinski definition) is 6. The lowest BCUT2D eigenvalue weighted by molar-refractivity contribution is 0.0165. The van der Waals surface area contributed by atoms with Gasteiger partial charge >= 0.3 is 6.03 Å². The molecule has 0 atom stereocenters. The van der Waals surface area contributed by atoms with Crippen molar-refractivity contribution in [2.24, 2.45) is 0 Å². The van der Waals surface area contributed by atoms with Crippen molar-refractivity contribution in [1.82, 2.24) is 5.32 Å². The number of nitrogen functional groups attached to an aromatic ring is 1. The highest BCUT2D eigenvalue weighted by Crippen LogP contribution is 2.35. The summed E-state index contributed by atoms with van der Waals surface area (Å²) in [6, 6.07) is 10.5. The van der Waals surface area contributed by atoms with Gasteiger partial charge in [-0.2, -0.15) is 0 Å². The summed E-state index contributed by atoms with van der Waals surface area (Å²) in [5.74, 6) is 1.12. The maximum atomic E-state index is 12.1. The average molecular weight is 429 g/mol. The molecule has 8 heteroatoms. The minimum Gasteiger partial charge on any atom is -0.493 e. The average Bonchev–Trinajstić information content (AvgIpc) is 2.74. The molecule has 31 heavy (non-hydrogen) atoms. The van der Waals surface area contributed by atoms with Crippen molar-refractivity contribution in [3.05, 3.63) is 48.5 Å². The third-order valence-corrected chi connectivity index (χ3v) is 4.88. The molecule has 168 valence electrons. The Kier molecular flexibility index (Phi) is 8.15. The van der Waals surface area contributed by atoms with Crippen molar-refractivity contribution in [2.45, 2.75) is 25.9 Å². The van der Waals surface area contributed by atoms with Gasteiger partial charge in [0.05, 0.1) is 19.8 Å². The van der Waals surface area contributed by atoms with Crippen molar-refractivity contribution < 1.29 is 19.0 Å². The Bertz CT molecular complexity index is 911. The highest BCUT2D eigenvalue weighted by Gasteiger charge is 2.16. The molecule has 0 saturated carbocycles. The standard InChI is InChI=1S/C23H32N4O4/c1-15(18-13-20(29-4)21(30-5)14-19(18)24)26-16-7-9-17(10-8-16)27-22(28)25-12-11-23(2,3)31-6/h7-10,13-14,26H,1,11-12,24H2,2-6H3,(H2,25,27,28). The van der Waals surface area contributed by atoms with E-state index in [9.17, 15) is 4.79 Å². The van der Waals surface area contributed by atoms with E-state index in [1.165, 1.54) is 0 Å². The molecule has 0 bridgehead atoms. The normalized spacial score (nSPS) is 10.9. The Morgan fingerprint density at radius 2 is 1.55 bits per heavy atom. The second-order valence-electron chi connectivity index (χ2n) is 7.57. The first-order chi connectivity index (χ1) is 14.7. The third kappa shape index (κ3) is 6.82. The summed E-state index contributed by atoms with van der Waals surface area (Å²) in [6.45, 7) is 8.53. The quantitative estimate of drug-likeness (QED) is 0.420. The number of benzene rings is 2. The van der Waals surface area contributed by atoms with Crippen LogP contribution in [-0.4, -0.2) is 39.5 Å². The number of ether oxygens (including phenoxy) is 3. The smallest absolute Gasteiger partial charge is 0.319 e. The van der Waals surface area contributed by atoms with Crippen LogP contribution in [0, 0.1) is 0 Å². The molecule has 2 aromatic rings. The molecule has 8 nitrogen and oxygen atoms in total. The summed E-state index contributed by atoms with van der Waals surface area (Å²) < 4.78 is 15.9. The molecule has 0 unspecified atom stereocenters. The highest BCUT2D eigenvalue weighted by molar-refractivity contribution is 5.90. The lowest BCUT2D eigenvalue weighted by atomic mass is 10.1. The van der Waals surface area contributed by atoms with Crippen LogP contribution in [0.15, 0.2) is 43.0 Å². The van der Waals surface area contributed by atoms with Crippen LogP contribution >= 0.6 is 0 Å². The van der Waals surface area contributed by atoms with E-state index in [-0.39, 0.29) is 11.6 Å². The molecule has 0 saturated heterocycles. The molecule has 5 N–H and O–H groups in total. The number of anilines is 3. The lowest BCUT2D eigenvalue weighted by Crippen LogP contribution is -2.34. The zero-order valence-electron chi connectivity index (χ0n) is 18.8. The van der Waals surface area contributed by atoms with Crippen LogP contribution in [0.3, 0.4) is 0 Å². The van der Waals surface area contributed by atoms with E-state index >= 15 is 0 Å². The van der Waals surface area contributed by atoms with E-state index < -0.39 is 0 Å². The van der Waals surface area contributed by atoms with Gasteiger partial charge in [0.2, 0.25) is 0 Å². The van der Waals surface area contributed by atoms with E-state index in [0.29, 0.717) is 47.1 Å². The number of carbonyl (C=O) groups is 1. The lowest BCUT2D eigenvalue weighted by Gasteiger charge is -2.22. The van der Waals surface area contributed by atoms with Crippen molar-refractivity contribution in [3.63, 3.8) is 0 Å². The molecule has 0 aromatic heterocycles. The van der Waals surface area contributed by atoms with E-state index in [1.807, 2.05) is 26.0 Å². The number of nitrogens with one attached hydrogen (secondary N) is 3. The Labute approximate surface area is 183 Å². The van der Waals surface area contributed by atoms with Crippen molar-refractivity contribution in [2.75, 3.05) is 44.2 Å². The number of methoxy groups -OCH3 is 3. The summed E-state index contributed by atoms with van der Waals surface area (Å²) in [6.07, 6.45) is 0.709. The molecule has 0 aliphatic rings. The van der Waals surface area contributed by atoms with Crippen LogP contribution < -0.4 is 31.2 Å². The molecular formula is C23H32N4O4. The van der Waals surface area contributed by atoms with Gasteiger partial charge < -0.3 is 35.9 Å². The zero-order valence-corrected chi connectivity index (χ0v) is 18.8. The van der Waals surface area contributed by atoms with Crippen molar-refractivity contribution in [3.8, 4) is 11.5 Å². The summed E-state index contributed by atoms with van der Waals surface area (Å²) in [7, 11) is 4.78. The van der Waals surface area contributed by atoms with E-state index in [2.05, 4.69) is 22.5 Å². The second kappa shape index (κ2) is 10.6. The van der Waals surface area contributed by atoms with Crippen molar-refractivity contribution >= 4 is 28.8 Å². The summed E-state index contributed by atoms with van der Waals surface area (Å²) in [4.78, 5) is 12.1. The van der Waals surface area contributed by atoms with Gasteiger partial charge in [-0.05, 0) is 50.6 Å². The third-order valence-electron chi connectivity index (χ3n) is 4.88. The first-order valence-electron chi connectivity index (χ1n) is 9.87. The Hall–Kier alpha value is -3.39. The predicted octanol–water partition coefficient (Wildman–Crippen LogP) is 4.31. The SMILES string of the molecule is C=C(Nc1ccc(NC(=O)NCCC(C)(C)OC)cc1)c1cc(OC)c(OC)cc1N. The Balaban J connectivity index is 1.95. The molecular weight excluding hydrogens is 396 g/mol. The number of urea groups is 1. The number of rotatable bonds is 10. The van der Waals surface area contributed by atoms with Gasteiger partial charge in [-0.1, -0.05) is 6.58 Å². The highest BCUT2D eigenvalue weighted by atomic mass is 16.5. The van der Waals surface area contributed by atoms with Gasteiger partial charge in [-0.25, -0.2) is 4.79 Å². The number of carbonyl (C=O) groups excluding carboxylic acids is 1. The van der Waals surface area contributed by atoms with Gasteiger partial charge in [0.1, 0.15) is 0 Å². The fourth-order valence-electron chi connectivity index (χ4n) is 2.79. The first kappa shape index (κ1) is 23.9. The number of amides is 2. The van der Waals surface area contributed by atoms with Crippen LogP contribution in [0.5, 0.6) is 11.5 Å². The van der Waals surface area contributed by atoms with Gasteiger partial charge in [0.15, 0.2) is 11.5 Å². The number of nitrogens with two attached hydrogens (primary N) is 1. The minimum absolute atomic E-state index is 0.268. The summed E-state index contributed by atoms with van der Waals surface area (Å²) >= 11 is 0. The molecule has 0 aliphatic carbocycles. The minimum atomic E-state index is -0.277. The molecule has 0 spiro atoms. The van der Waals surface area contributed by atoms with Gasteiger partial charge in [-0.3, -0.25) is 0 Å². The molecule has 2 aromatic carbocycles. The Morgan fingerprint density at radius 3 is 2.10 bits per heavy atom. The zero-order chi connectivity index (χ0) is 23.0. The van der Waals surface area contributed by atoms with Gasteiger partial charge in [0, 0.05) is 48.0 Å². The largest absolute Gasteiger partial charge is 0.493 e. The topological polar surface area (TPSA) is 107 Å². The molecule has 2 rings (SSSR count). The van der Waals surface area contributed by atoms with Gasteiger partial charge in [0.25, 0.3) is 0 Å². The maximum Gasteiger partial charge on any atom is 0.319 e. The van der Waals surface area contributed by atoms with Crippen molar-refractivity contribution in [1.29, 1.82) is 0 Å². The summed E-state index contributed by atoms with van der Waals surface area (Å²) in [5, 5.41) is 8.84. The Morgan fingerprint density at radius 1 is 1.00 bits per heavy atom.